The van der Waals surface area contributed by atoms with Gasteiger partial charge < -0.3 is 14.7 Å². The fraction of sp³-hybridized carbons (Fsp3) is 0.333. The SMILES string of the molecule is Oc1ccc2c(c1)CCN(c1ccc(F)cc1)C2Cc1ccc(OCCN2CCSC2)cc1. The zero-order valence-electron chi connectivity index (χ0n) is 18.6. The number of benzene rings is 3. The number of fused-ring (bicyclic) bond motifs is 1. The van der Waals surface area contributed by atoms with E-state index in [2.05, 4.69) is 34.1 Å². The van der Waals surface area contributed by atoms with Crippen molar-refractivity contribution in [1.82, 2.24) is 4.90 Å². The molecule has 3 aromatic carbocycles. The first-order valence-corrected chi connectivity index (χ1v) is 12.7. The number of phenols is 1. The predicted molar refractivity (Wildman–Crippen MR) is 133 cm³/mol. The molecule has 1 fully saturated rings. The van der Waals surface area contributed by atoms with Gasteiger partial charge in [-0.3, -0.25) is 4.90 Å². The van der Waals surface area contributed by atoms with Gasteiger partial charge in [0.25, 0.3) is 0 Å². The predicted octanol–water partition coefficient (Wildman–Crippen LogP) is 5.26. The number of rotatable bonds is 7. The number of aromatic hydroxyl groups is 1. The lowest BCUT2D eigenvalue weighted by atomic mass is 9.88. The maximum Gasteiger partial charge on any atom is 0.123 e. The highest BCUT2D eigenvalue weighted by Crippen LogP contribution is 2.37. The van der Waals surface area contributed by atoms with Gasteiger partial charge in [-0.2, -0.15) is 0 Å². The van der Waals surface area contributed by atoms with Crippen LogP contribution in [0.5, 0.6) is 11.5 Å². The monoisotopic (exact) mass is 464 g/mol. The minimum absolute atomic E-state index is 0.110. The summed E-state index contributed by atoms with van der Waals surface area (Å²) in [4.78, 5) is 4.76. The zero-order valence-corrected chi connectivity index (χ0v) is 19.4. The highest BCUT2D eigenvalue weighted by molar-refractivity contribution is 7.99. The summed E-state index contributed by atoms with van der Waals surface area (Å²) in [6.45, 7) is 3.64. The molecule has 0 aromatic heterocycles. The molecule has 2 aliphatic heterocycles. The Kier molecular flexibility index (Phi) is 6.74. The van der Waals surface area contributed by atoms with Crippen LogP contribution in [0, 0.1) is 5.82 Å². The van der Waals surface area contributed by atoms with Gasteiger partial charge in [0.15, 0.2) is 0 Å². The van der Waals surface area contributed by atoms with E-state index in [1.165, 1.54) is 34.6 Å². The Hall–Kier alpha value is -2.70. The van der Waals surface area contributed by atoms with Gasteiger partial charge >= 0.3 is 0 Å². The average Bonchev–Trinajstić information content (AvgIpc) is 3.34. The van der Waals surface area contributed by atoms with Gasteiger partial charge in [-0.05, 0) is 78.1 Å². The minimum Gasteiger partial charge on any atom is -0.508 e. The van der Waals surface area contributed by atoms with E-state index in [0.717, 1.165) is 49.8 Å². The van der Waals surface area contributed by atoms with Gasteiger partial charge in [0.2, 0.25) is 0 Å². The van der Waals surface area contributed by atoms with Gasteiger partial charge in [0, 0.05) is 37.0 Å². The zero-order chi connectivity index (χ0) is 22.6. The number of phenolic OH excluding ortho intramolecular Hbond substituents is 1. The fourth-order valence-corrected chi connectivity index (χ4v) is 5.76. The van der Waals surface area contributed by atoms with Crippen LogP contribution >= 0.6 is 11.8 Å². The molecule has 0 bridgehead atoms. The van der Waals surface area contributed by atoms with Gasteiger partial charge in [-0.1, -0.05) is 18.2 Å². The van der Waals surface area contributed by atoms with Crippen LogP contribution < -0.4 is 9.64 Å². The molecule has 0 spiro atoms. The van der Waals surface area contributed by atoms with Gasteiger partial charge in [-0.15, -0.1) is 11.8 Å². The molecular weight excluding hydrogens is 435 g/mol. The van der Waals surface area contributed by atoms with Gasteiger partial charge in [0.05, 0.1) is 6.04 Å². The quantitative estimate of drug-likeness (QED) is 0.516. The second-order valence-corrected chi connectivity index (χ2v) is 9.75. The van der Waals surface area contributed by atoms with E-state index < -0.39 is 0 Å². The maximum atomic E-state index is 13.5. The third kappa shape index (κ3) is 5.28. The lowest BCUT2D eigenvalue weighted by Gasteiger charge is -2.39. The largest absolute Gasteiger partial charge is 0.508 e. The van der Waals surface area contributed by atoms with Crippen molar-refractivity contribution in [2.75, 3.05) is 42.8 Å². The molecule has 2 aliphatic rings. The molecule has 1 N–H and O–H groups in total. The van der Waals surface area contributed by atoms with Crippen molar-refractivity contribution >= 4 is 17.4 Å². The van der Waals surface area contributed by atoms with Crippen molar-refractivity contribution in [2.45, 2.75) is 18.9 Å². The molecular formula is C27H29FN2O2S. The van der Waals surface area contributed by atoms with E-state index >= 15 is 0 Å². The normalized spacial score (nSPS) is 18.3. The smallest absolute Gasteiger partial charge is 0.123 e. The summed E-state index contributed by atoms with van der Waals surface area (Å²) in [6, 6.07) is 20.9. The minimum atomic E-state index is -0.225. The molecule has 5 rings (SSSR count). The standard InChI is InChI=1S/C27H29FN2O2S/c28-22-3-5-23(6-4-22)30-12-11-21-18-24(31)7-10-26(21)27(30)17-20-1-8-25(9-2-20)32-15-13-29-14-16-33-19-29/h1-10,18,27,31H,11-17,19H2. The molecule has 2 heterocycles. The second-order valence-electron chi connectivity index (χ2n) is 8.67. The van der Waals surface area contributed by atoms with Gasteiger partial charge in [0.1, 0.15) is 23.9 Å². The van der Waals surface area contributed by atoms with Crippen molar-refractivity contribution in [2.24, 2.45) is 0 Å². The summed E-state index contributed by atoms with van der Waals surface area (Å²) < 4.78 is 19.5. The third-order valence-corrected chi connectivity index (χ3v) is 7.52. The summed E-state index contributed by atoms with van der Waals surface area (Å²) in [7, 11) is 0. The molecule has 0 radical (unpaired) electrons. The first-order valence-electron chi connectivity index (χ1n) is 11.5. The topological polar surface area (TPSA) is 35.9 Å². The van der Waals surface area contributed by atoms with Crippen LogP contribution in [0.3, 0.4) is 0 Å². The summed E-state index contributed by atoms with van der Waals surface area (Å²) in [5, 5.41) is 9.98. The van der Waals surface area contributed by atoms with E-state index in [1.54, 1.807) is 6.07 Å². The van der Waals surface area contributed by atoms with Crippen LogP contribution in [0.1, 0.15) is 22.7 Å². The summed E-state index contributed by atoms with van der Waals surface area (Å²) in [6.07, 6.45) is 1.67. The molecule has 1 atom stereocenters. The van der Waals surface area contributed by atoms with E-state index in [0.29, 0.717) is 12.4 Å². The Bertz CT molecular complexity index is 1070. The highest BCUT2D eigenvalue weighted by atomic mass is 32.2. The van der Waals surface area contributed by atoms with Crippen LogP contribution in [0.25, 0.3) is 0 Å². The summed E-state index contributed by atoms with van der Waals surface area (Å²) in [5.74, 6) is 3.30. The molecule has 3 aromatic rings. The number of thioether (sulfide) groups is 1. The average molecular weight is 465 g/mol. The van der Waals surface area contributed by atoms with Crippen molar-refractivity contribution in [3.63, 3.8) is 0 Å². The lowest BCUT2D eigenvalue weighted by Crippen LogP contribution is -2.36. The van der Waals surface area contributed by atoms with E-state index in [9.17, 15) is 9.50 Å². The molecule has 172 valence electrons. The van der Waals surface area contributed by atoms with Crippen molar-refractivity contribution in [3.8, 4) is 11.5 Å². The molecule has 1 saturated heterocycles. The Labute approximate surface area is 199 Å². The Morgan fingerprint density at radius 3 is 2.58 bits per heavy atom. The molecule has 0 aliphatic carbocycles. The Morgan fingerprint density at radius 2 is 1.82 bits per heavy atom. The van der Waals surface area contributed by atoms with Gasteiger partial charge in [-0.25, -0.2) is 4.39 Å². The van der Waals surface area contributed by atoms with Crippen LogP contribution in [-0.2, 0) is 12.8 Å². The number of halogens is 1. The number of hydrogen-bond donors (Lipinski definition) is 1. The molecule has 1 unspecified atom stereocenters. The third-order valence-electron chi connectivity index (χ3n) is 6.50. The number of nitrogens with zero attached hydrogens (tertiary/aromatic N) is 2. The van der Waals surface area contributed by atoms with Crippen LogP contribution in [0.4, 0.5) is 10.1 Å². The highest BCUT2D eigenvalue weighted by Gasteiger charge is 2.28. The first kappa shape index (κ1) is 22.1. The van der Waals surface area contributed by atoms with Crippen molar-refractivity contribution < 1.29 is 14.2 Å². The molecule has 33 heavy (non-hydrogen) atoms. The first-order chi connectivity index (χ1) is 16.2. The van der Waals surface area contributed by atoms with E-state index in [4.69, 9.17) is 4.74 Å². The Balaban J connectivity index is 1.32. The van der Waals surface area contributed by atoms with E-state index in [1.807, 2.05) is 36.0 Å². The Morgan fingerprint density at radius 1 is 1.00 bits per heavy atom. The molecule has 4 nitrogen and oxygen atoms in total. The number of ether oxygens (including phenoxy) is 1. The summed E-state index contributed by atoms with van der Waals surface area (Å²) >= 11 is 1.98. The van der Waals surface area contributed by atoms with E-state index in [-0.39, 0.29) is 11.9 Å². The van der Waals surface area contributed by atoms with Crippen molar-refractivity contribution in [3.05, 3.63) is 89.2 Å². The fourth-order valence-electron chi connectivity index (χ4n) is 4.73. The van der Waals surface area contributed by atoms with Crippen LogP contribution in [0.2, 0.25) is 0 Å². The van der Waals surface area contributed by atoms with Crippen LogP contribution in [-0.4, -0.2) is 47.9 Å². The molecule has 0 saturated carbocycles. The lowest BCUT2D eigenvalue weighted by molar-refractivity contribution is 0.244. The number of anilines is 1. The molecule has 6 heteroatoms. The maximum absolute atomic E-state index is 13.5. The summed E-state index contributed by atoms with van der Waals surface area (Å²) in [5.41, 5.74) is 4.63. The molecule has 0 amide bonds. The second kappa shape index (κ2) is 10.1. The van der Waals surface area contributed by atoms with Crippen LogP contribution in [0.15, 0.2) is 66.7 Å². The van der Waals surface area contributed by atoms with Crippen molar-refractivity contribution in [1.29, 1.82) is 0 Å². The number of hydrogen-bond acceptors (Lipinski definition) is 5.